The van der Waals surface area contributed by atoms with Crippen LogP contribution in [0.1, 0.15) is 37.7 Å². The average Bonchev–Trinajstić information content (AvgIpc) is 2.25. The zero-order chi connectivity index (χ0) is 10.9. The number of unbranched alkanes of at least 4 members (excludes halogenated alkanes) is 4. The normalized spacial score (nSPS) is 10.5. The van der Waals surface area contributed by atoms with E-state index in [-0.39, 0.29) is 0 Å². The van der Waals surface area contributed by atoms with E-state index in [1.807, 2.05) is 18.2 Å². The molecular formula is C13H20O2. The van der Waals surface area contributed by atoms with Crippen LogP contribution >= 0.6 is 0 Å². The number of hydrogen-bond donors (Lipinski definition) is 2. The molecule has 1 rings (SSSR count). The molecule has 0 aliphatic carbocycles. The maximum absolute atomic E-state index is 9.52. The zero-order valence-corrected chi connectivity index (χ0v) is 9.15. The van der Waals surface area contributed by atoms with E-state index in [0.29, 0.717) is 12.4 Å². The van der Waals surface area contributed by atoms with Crippen molar-refractivity contribution in [2.24, 2.45) is 0 Å². The molecule has 0 unspecified atom stereocenters. The Hall–Kier alpha value is -1.02. The first kappa shape index (κ1) is 12.1. The molecule has 0 aliphatic heterocycles. The molecule has 1 aromatic carbocycles. The number of phenols is 1. The third-order valence-corrected chi connectivity index (χ3v) is 2.60. The molecule has 2 heteroatoms. The molecule has 0 radical (unpaired) electrons. The van der Waals surface area contributed by atoms with Crippen LogP contribution in [0.2, 0.25) is 0 Å². The van der Waals surface area contributed by atoms with Gasteiger partial charge in [0.15, 0.2) is 0 Å². The third kappa shape index (κ3) is 4.84. The summed E-state index contributed by atoms with van der Waals surface area (Å²) in [5.41, 5.74) is 1.04. The van der Waals surface area contributed by atoms with Crippen LogP contribution < -0.4 is 0 Å². The first-order valence-electron chi connectivity index (χ1n) is 5.72. The van der Waals surface area contributed by atoms with Gasteiger partial charge < -0.3 is 10.2 Å². The molecule has 0 saturated carbocycles. The smallest absolute Gasteiger partial charge is 0.118 e. The van der Waals surface area contributed by atoms with Crippen LogP contribution in [0.3, 0.4) is 0 Å². The Morgan fingerprint density at radius 2 is 1.53 bits per heavy atom. The van der Waals surface area contributed by atoms with Crippen molar-refractivity contribution in [3.63, 3.8) is 0 Å². The molecule has 2 N–H and O–H groups in total. The molecule has 0 amide bonds. The summed E-state index contributed by atoms with van der Waals surface area (Å²) in [6, 6.07) is 7.52. The van der Waals surface area contributed by atoms with Crippen LogP contribution in [0.4, 0.5) is 0 Å². The van der Waals surface area contributed by atoms with Gasteiger partial charge in [-0.25, -0.2) is 0 Å². The lowest BCUT2D eigenvalue weighted by Crippen LogP contribution is -1.88. The van der Waals surface area contributed by atoms with Crippen molar-refractivity contribution in [2.75, 3.05) is 6.61 Å². The quantitative estimate of drug-likeness (QED) is 0.676. The number of phenolic OH excluding ortho intramolecular Hbond substituents is 1. The summed E-state index contributed by atoms with van der Waals surface area (Å²) in [4.78, 5) is 0. The molecule has 15 heavy (non-hydrogen) atoms. The van der Waals surface area contributed by atoms with E-state index in [4.69, 9.17) is 5.11 Å². The summed E-state index contributed by atoms with van der Waals surface area (Å²) >= 11 is 0. The molecule has 0 spiro atoms. The molecule has 0 aromatic heterocycles. The molecule has 0 atom stereocenters. The Labute approximate surface area is 91.6 Å². The summed E-state index contributed by atoms with van der Waals surface area (Å²) in [7, 11) is 0. The van der Waals surface area contributed by atoms with Crippen LogP contribution in [0.15, 0.2) is 24.3 Å². The molecule has 0 heterocycles. The molecule has 0 aliphatic rings. The van der Waals surface area contributed by atoms with Crippen molar-refractivity contribution in [1.82, 2.24) is 0 Å². The summed E-state index contributed by atoms with van der Waals surface area (Å²) in [5.74, 6) is 0.410. The lowest BCUT2D eigenvalue weighted by molar-refractivity contribution is 0.282. The number of para-hydroxylation sites is 1. The van der Waals surface area contributed by atoms with Gasteiger partial charge in [0.1, 0.15) is 5.75 Å². The number of aliphatic hydroxyl groups excluding tert-OH is 1. The summed E-state index contributed by atoms with van der Waals surface area (Å²) in [5, 5.41) is 18.1. The van der Waals surface area contributed by atoms with Crippen molar-refractivity contribution in [1.29, 1.82) is 0 Å². The Morgan fingerprint density at radius 3 is 2.27 bits per heavy atom. The largest absolute Gasteiger partial charge is 0.508 e. The van der Waals surface area contributed by atoms with E-state index in [1.165, 1.54) is 12.8 Å². The van der Waals surface area contributed by atoms with Crippen molar-refractivity contribution in [2.45, 2.75) is 38.5 Å². The van der Waals surface area contributed by atoms with E-state index in [9.17, 15) is 5.11 Å². The van der Waals surface area contributed by atoms with Gasteiger partial charge in [-0.3, -0.25) is 0 Å². The monoisotopic (exact) mass is 208 g/mol. The Morgan fingerprint density at radius 1 is 0.867 bits per heavy atom. The fraction of sp³-hybridized carbons (Fsp3) is 0.538. The predicted octanol–water partition coefficient (Wildman–Crippen LogP) is 2.88. The topological polar surface area (TPSA) is 40.5 Å². The maximum Gasteiger partial charge on any atom is 0.118 e. The predicted molar refractivity (Wildman–Crippen MR) is 62.0 cm³/mol. The van der Waals surface area contributed by atoms with E-state index in [0.717, 1.165) is 31.2 Å². The van der Waals surface area contributed by atoms with E-state index >= 15 is 0 Å². The lowest BCUT2D eigenvalue weighted by Gasteiger charge is -2.03. The molecule has 0 fully saturated rings. The number of benzene rings is 1. The maximum atomic E-state index is 9.52. The average molecular weight is 208 g/mol. The van der Waals surface area contributed by atoms with Crippen molar-refractivity contribution >= 4 is 0 Å². The summed E-state index contributed by atoms with van der Waals surface area (Å²) < 4.78 is 0. The number of hydrogen-bond acceptors (Lipinski definition) is 2. The van der Waals surface area contributed by atoms with Gasteiger partial charge in [-0.05, 0) is 30.9 Å². The molecule has 2 nitrogen and oxygen atoms in total. The fourth-order valence-electron chi connectivity index (χ4n) is 1.68. The van der Waals surface area contributed by atoms with Gasteiger partial charge >= 0.3 is 0 Å². The number of aryl methyl sites for hydroxylation is 1. The van der Waals surface area contributed by atoms with Crippen molar-refractivity contribution in [3.05, 3.63) is 29.8 Å². The molecule has 84 valence electrons. The first-order chi connectivity index (χ1) is 7.34. The van der Waals surface area contributed by atoms with Crippen molar-refractivity contribution < 1.29 is 10.2 Å². The van der Waals surface area contributed by atoms with E-state index < -0.39 is 0 Å². The van der Waals surface area contributed by atoms with Crippen LogP contribution in [0.25, 0.3) is 0 Å². The standard InChI is InChI=1S/C13H20O2/c14-11-7-3-1-2-4-8-12-9-5-6-10-13(12)15/h5-6,9-10,14-15H,1-4,7-8,11H2. The van der Waals surface area contributed by atoms with Gasteiger partial charge in [0.2, 0.25) is 0 Å². The summed E-state index contributed by atoms with van der Waals surface area (Å²) in [6.45, 7) is 0.305. The second-order valence-electron chi connectivity index (χ2n) is 3.87. The minimum absolute atomic E-state index is 0.305. The van der Waals surface area contributed by atoms with Gasteiger partial charge in [0.25, 0.3) is 0 Å². The minimum atomic E-state index is 0.305. The number of rotatable bonds is 7. The summed E-state index contributed by atoms with van der Waals surface area (Å²) in [6.07, 6.45) is 6.44. The van der Waals surface area contributed by atoms with E-state index in [1.54, 1.807) is 6.07 Å². The molecule has 0 saturated heterocycles. The Kier molecular flexibility index (Phi) is 5.86. The number of aliphatic hydroxyl groups is 1. The van der Waals surface area contributed by atoms with E-state index in [2.05, 4.69) is 0 Å². The number of aromatic hydroxyl groups is 1. The van der Waals surface area contributed by atoms with Gasteiger partial charge in [-0.2, -0.15) is 0 Å². The van der Waals surface area contributed by atoms with Gasteiger partial charge in [-0.15, -0.1) is 0 Å². The highest BCUT2D eigenvalue weighted by molar-refractivity contribution is 5.31. The van der Waals surface area contributed by atoms with Crippen LogP contribution in [0, 0.1) is 0 Å². The van der Waals surface area contributed by atoms with Crippen LogP contribution in [0.5, 0.6) is 5.75 Å². The molecule has 1 aromatic rings. The van der Waals surface area contributed by atoms with Crippen molar-refractivity contribution in [3.8, 4) is 5.75 Å². The SMILES string of the molecule is OCCCCCCCc1ccccc1O. The highest BCUT2D eigenvalue weighted by Crippen LogP contribution is 2.18. The highest BCUT2D eigenvalue weighted by atomic mass is 16.3. The molecular weight excluding hydrogens is 188 g/mol. The Bertz CT molecular complexity index is 271. The molecule has 0 bridgehead atoms. The minimum Gasteiger partial charge on any atom is -0.508 e. The third-order valence-electron chi connectivity index (χ3n) is 2.60. The lowest BCUT2D eigenvalue weighted by atomic mass is 10.0. The highest BCUT2D eigenvalue weighted by Gasteiger charge is 1.98. The second kappa shape index (κ2) is 7.30. The Balaban J connectivity index is 2.12. The second-order valence-corrected chi connectivity index (χ2v) is 3.87. The first-order valence-corrected chi connectivity index (χ1v) is 5.72. The van der Waals surface area contributed by atoms with Gasteiger partial charge in [0.05, 0.1) is 0 Å². The van der Waals surface area contributed by atoms with Gasteiger partial charge in [-0.1, -0.05) is 37.5 Å². The fourth-order valence-corrected chi connectivity index (χ4v) is 1.68. The zero-order valence-electron chi connectivity index (χ0n) is 9.15. The van der Waals surface area contributed by atoms with Crippen LogP contribution in [-0.2, 0) is 6.42 Å². The van der Waals surface area contributed by atoms with Crippen LogP contribution in [-0.4, -0.2) is 16.8 Å². The van der Waals surface area contributed by atoms with Gasteiger partial charge in [0, 0.05) is 6.61 Å².